The van der Waals surface area contributed by atoms with Crippen LogP contribution in [0.1, 0.15) is 38.2 Å². The van der Waals surface area contributed by atoms with Gasteiger partial charge in [0.2, 0.25) is 0 Å². The average Bonchev–Trinajstić information content (AvgIpc) is 3.43. The fourth-order valence-corrected chi connectivity index (χ4v) is 2.91. The molecule has 1 fully saturated rings. The molecule has 2 N–H and O–H groups in total. The van der Waals surface area contributed by atoms with E-state index in [1.54, 1.807) is 13.2 Å². The molecule has 27 heavy (non-hydrogen) atoms. The summed E-state index contributed by atoms with van der Waals surface area (Å²) in [6, 6.07) is 7.07. The Morgan fingerprint density at radius 2 is 1.93 bits per heavy atom. The van der Waals surface area contributed by atoms with Gasteiger partial charge in [-0.1, -0.05) is 18.2 Å². The number of rotatable bonds is 12. The van der Waals surface area contributed by atoms with Crippen molar-refractivity contribution in [2.24, 2.45) is 4.99 Å². The van der Waals surface area contributed by atoms with Crippen molar-refractivity contribution < 1.29 is 13.9 Å². The molecule has 1 aromatic carbocycles. The second-order valence-electron chi connectivity index (χ2n) is 6.69. The standard InChI is InChI=1S/C20H32FN3O2.HI/c1-3-22-19(23-12-6-7-13-26-15-14-25-2)24-16-20(10-11-20)17-8-4-5-9-18(17)21;/h4-5,8-9H,3,6-7,10-16H2,1-2H3,(H2,22,23,24);1H. The zero-order valence-electron chi connectivity index (χ0n) is 16.4. The smallest absolute Gasteiger partial charge is 0.191 e. The Morgan fingerprint density at radius 3 is 2.59 bits per heavy atom. The van der Waals surface area contributed by atoms with Crippen LogP contribution in [0.3, 0.4) is 0 Å². The first-order valence-electron chi connectivity index (χ1n) is 9.56. The van der Waals surface area contributed by atoms with Gasteiger partial charge in [0.15, 0.2) is 5.96 Å². The molecule has 0 saturated heterocycles. The van der Waals surface area contributed by atoms with Crippen molar-refractivity contribution in [2.45, 2.75) is 38.0 Å². The number of hydrogen-bond donors (Lipinski definition) is 2. The Labute approximate surface area is 179 Å². The normalized spacial score (nSPS) is 15.1. The van der Waals surface area contributed by atoms with Crippen LogP contribution in [0.25, 0.3) is 0 Å². The minimum Gasteiger partial charge on any atom is -0.382 e. The lowest BCUT2D eigenvalue weighted by Crippen LogP contribution is -2.38. The molecule has 0 radical (unpaired) electrons. The van der Waals surface area contributed by atoms with Crippen molar-refractivity contribution in [3.63, 3.8) is 0 Å². The third-order valence-electron chi connectivity index (χ3n) is 4.62. The van der Waals surface area contributed by atoms with Crippen molar-refractivity contribution in [1.29, 1.82) is 0 Å². The maximum atomic E-state index is 14.1. The number of nitrogens with zero attached hydrogens (tertiary/aromatic N) is 1. The third-order valence-corrected chi connectivity index (χ3v) is 4.62. The number of unbranched alkanes of at least 4 members (excludes halogenated alkanes) is 1. The minimum atomic E-state index is -0.122. The van der Waals surface area contributed by atoms with Crippen LogP contribution in [0.5, 0.6) is 0 Å². The van der Waals surface area contributed by atoms with Crippen LogP contribution in [0.15, 0.2) is 29.3 Å². The SMILES string of the molecule is CCNC(=NCC1(c2ccccc2F)CC1)NCCCCOCCOC.I. The molecule has 0 bridgehead atoms. The summed E-state index contributed by atoms with van der Waals surface area (Å²) in [6.45, 7) is 6.33. The number of methoxy groups -OCH3 is 1. The fraction of sp³-hybridized carbons (Fsp3) is 0.650. The maximum Gasteiger partial charge on any atom is 0.191 e. The lowest BCUT2D eigenvalue weighted by Gasteiger charge is -2.16. The molecule has 0 aliphatic heterocycles. The molecule has 5 nitrogen and oxygen atoms in total. The quantitative estimate of drug-likeness (QED) is 0.203. The summed E-state index contributed by atoms with van der Waals surface area (Å²) >= 11 is 0. The molecule has 0 aromatic heterocycles. The maximum absolute atomic E-state index is 14.1. The number of benzene rings is 1. The van der Waals surface area contributed by atoms with E-state index >= 15 is 0 Å². The number of hydrogen-bond acceptors (Lipinski definition) is 3. The van der Waals surface area contributed by atoms with E-state index in [-0.39, 0.29) is 35.2 Å². The highest BCUT2D eigenvalue weighted by molar-refractivity contribution is 14.0. The van der Waals surface area contributed by atoms with Gasteiger partial charge in [-0.3, -0.25) is 4.99 Å². The Morgan fingerprint density at radius 1 is 1.15 bits per heavy atom. The zero-order valence-corrected chi connectivity index (χ0v) is 18.8. The molecule has 0 amide bonds. The van der Waals surface area contributed by atoms with Crippen LogP contribution < -0.4 is 10.6 Å². The van der Waals surface area contributed by atoms with Crippen LogP contribution in [0.4, 0.5) is 4.39 Å². The van der Waals surface area contributed by atoms with E-state index in [4.69, 9.17) is 14.5 Å². The fourth-order valence-electron chi connectivity index (χ4n) is 2.91. The summed E-state index contributed by atoms with van der Waals surface area (Å²) in [5.41, 5.74) is 0.677. The first-order chi connectivity index (χ1) is 12.7. The van der Waals surface area contributed by atoms with Crippen LogP contribution in [-0.2, 0) is 14.9 Å². The number of halogens is 2. The summed E-state index contributed by atoms with van der Waals surface area (Å²) in [7, 11) is 1.67. The van der Waals surface area contributed by atoms with Crippen molar-refractivity contribution in [1.82, 2.24) is 10.6 Å². The van der Waals surface area contributed by atoms with Crippen molar-refractivity contribution in [2.75, 3.05) is 46.6 Å². The molecule has 0 unspecified atom stereocenters. The van der Waals surface area contributed by atoms with Crippen LogP contribution >= 0.6 is 24.0 Å². The molecular weight excluding hydrogens is 460 g/mol. The first-order valence-corrected chi connectivity index (χ1v) is 9.56. The number of nitrogens with one attached hydrogen (secondary N) is 2. The van der Waals surface area contributed by atoms with E-state index in [0.29, 0.717) is 19.8 Å². The van der Waals surface area contributed by atoms with Gasteiger partial charge in [-0.2, -0.15) is 0 Å². The third kappa shape index (κ3) is 8.31. The molecule has 0 spiro atoms. The van der Waals surface area contributed by atoms with Crippen LogP contribution in [-0.4, -0.2) is 52.5 Å². The van der Waals surface area contributed by atoms with Crippen molar-refractivity contribution in [3.05, 3.63) is 35.6 Å². The number of guanidine groups is 1. The van der Waals surface area contributed by atoms with Crippen molar-refractivity contribution in [3.8, 4) is 0 Å². The van der Waals surface area contributed by atoms with E-state index in [1.165, 1.54) is 6.07 Å². The van der Waals surface area contributed by atoms with E-state index in [2.05, 4.69) is 10.6 Å². The highest BCUT2D eigenvalue weighted by Crippen LogP contribution is 2.49. The van der Waals surface area contributed by atoms with Gasteiger partial charge in [-0.05, 0) is 44.2 Å². The monoisotopic (exact) mass is 493 g/mol. The highest BCUT2D eigenvalue weighted by Gasteiger charge is 2.45. The van der Waals surface area contributed by atoms with E-state index in [1.807, 2.05) is 19.1 Å². The van der Waals surface area contributed by atoms with E-state index < -0.39 is 0 Å². The Bertz CT molecular complexity index is 568. The van der Waals surface area contributed by atoms with Gasteiger partial charge in [0.25, 0.3) is 0 Å². The second kappa shape index (κ2) is 13.3. The van der Waals surface area contributed by atoms with Gasteiger partial charge in [0.05, 0.1) is 19.8 Å². The molecule has 7 heteroatoms. The van der Waals surface area contributed by atoms with Gasteiger partial charge in [0.1, 0.15) is 5.82 Å². The summed E-state index contributed by atoms with van der Waals surface area (Å²) in [5.74, 6) is 0.682. The van der Waals surface area contributed by atoms with Gasteiger partial charge in [-0.25, -0.2) is 4.39 Å². The molecule has 1 aliphatic rings. The predicted molar refractivity (Wildman–Crippen MR) is 119 cm³/mol. The topological polar surface area (TPSA) is 54.9 Å². The van der Waals surface area contributed by atoms with Gasteiger partial charge < -0.3 is 20.1 Å². The van der Waals surface area contributed by atoms with E-state index in [0.717, 1.165) is 56.9 Å². The lowest BCUT2D eigenvalue weighted by atomic mass is 9.95. The van der Waals surface area contributed by atoms with E-state index in [9.17, 15) is 4.39 Å². The predicted octanol–water partition coefficient (Wildman–Crippen LogP) is 3.47. The molecule has 0 atom stereocenters. The molecule has 154 valence electrons. The summed E-state index contributed by atoms with van der Waals surface area (Å²) in [6.07, 6.45) is 4.00. The number of ether oxygens (including phenoxy) is 2. The Kier molecular flexibility index (Phi) is 11.9. The van der Waals surface area contributed by atoms with Gasteiger partial charge >= 0.3 is 0 Å². The summed E-state index contributed by atoms with van der Waals surface area (Å²) in [5, 5.41) is 6.62. The van der Waals surface area contributed by atoms with Crippen LogP contribution in [0.2, 0.25) is 0 Å². The molecule has 1 saturated carbocycles. The minimum absolute atomic E-state index is 0. The number of aliphatic imine (C=N–C) groups is 1. The second-order valence-corrected chi connectivity index (χ2v) is 6.69. The molecular formula is C20H33FIN3O2. The van der Waals surface area contributed by atoms with Crippen molar-refractivity contribution >= 4 is 29.9 Å². The molecule has 1 aromatic rings. The molecule has 0 heterocycles. The Balaban J connectivity index is 0.00000364. The Hall–Kier alpha value is -0.930. The van der Waals surface area contributed by atoms with Gasteiger partial charge in [0, 0.05) is 32.2 Å². The van der Waals surface area contributed by atoms with Gasteiger partial charge in [-0.15, -0.1) is 24.0 Å². The van der Waals surface area contributed by atoms with Crippen LogP contribution in [0, 0.1) is 5.82 Å². The summed E-state index contributed by atoms with van der Waals surface area (Å²) < 4.78 is 24.5. The molecule has 1 aliphatic carbocycles. The highest BCUT2D eigenvalue weighted by atomic mass is 127. The summed E-state index contributed by atoms with van der Waals surface area (Å²) in [4.78, 5) is 4.70. The largest absolute Gasteiger partial charge is 0.382 e. The lowest BCUT2D eigenvalue weighted by molar-refractivity contribution is 0.0689. The average molecular weight is 493 g/mol. The first kappa shape index (κ1) is 24.1. The molecule has 2 rings (SSSR count). The zero-order chi connectivity index (χ0) is 18.7.